The summed E-state index contributed by atoms with van der Waals surface area (Å²) in [5, 5.41) is 13.6. The van der Waals surface area contributed by atoms with Crippen molar-refractivity contribution in [1.29, 1.82) is 0 Å². The Morgan fingerprint density at radius 3 is 2.80 bits per heavy atom. The predicted molar refractivity (Wildman–Crippen MR) is 81.6 cm³/mol. The number of halogens is 1. The van der Waals surface area contributed by atoms with Crippen LogP contribution in [0.4, 0.5) is 4.39 Å². The summed E-state index contributed by atoms with van der Waals surface area (Å²) in [5.74, 6) is -0.235. The first-order valence-corrected chi connectivity index (χ1v) is 7.42. The SMILES string of the molecule is Cc1cc(F)ccc1CC(O)c1csc2ccccc12. The minimum absolute atomic E-state index is 0.235. The predicted octanol–water partition coefficient (Wildman–Crippen LogP) is 4.62. The van der Waals surface area contributed by atoms with Gasteiger partial charge in [0, 0.05) is 11.1 Å². The van der Waals surface area contributed by atoms with E-state index in [4.69, 9.17) is 0 Å². The number of aryl methyl sites for hydroxylation is 1. The van der Waals surface area contributed by atoms with Gasteiger partial charge in [-0.2, -0.15) is 0 Å². The van der Waals surface area contributed by atoms with Gasteiger partial charge in [-0.15, -0.1) is 11.3 Å². The van der Waals surface area contributed by atoms with Gasteiger partial charge in [-0.25, -0.2) is 4.39 Å². The van der Waals surface area contributed by atoms with Crippen molar-refractivity contribution in [3.63, 3.8) is 0 Å². The Kier molecular flexibility index (Phi) is 3.55. The Labute approximate surface area is 121 Å². The Morgan fingerprint density at radius 1 is 1.20 bits per heavy atom. The van der Waals surface area contributed by atoms with Crippen LogP contribution in [0.2, 0.25) is 0 Å². The molecule has 0 aliphatic rings. The van der Waals surface area contributed by atoms with Crippen LogP contribution in [0, 0.1) is 12.7 Å². The van der Waals surface area contributed by atoms with E-state index in [-0.39, 0.29) is 5.82 Å². The molecule has 2 aromatic carbocycles. The number of hydrogen-bond acceptors (Lipinski definition) is 2. The maximum absolute atomic E-state index is 13.1. The lowest BCUT2D eigenvalue weighted by Gasteiger charge is -2.12. The van der Waals surface area contributed by atoms with Crippen molar-refractivity contribution in [2.75, 3.05) is 0 Å². The van der Waals surface area contributed by atoms with E-state index in [2.05, 4.69) is 6.07 Å². The van der Waals surface area contributed by atoms with Crippen LogP contribution in [-0.4, -0.2) is 5.11 Å². The third-order valence-corrected chi connectivity index (χ3v) is 4.57. The zero-order valence-electron chi connectivity index (χ0n) is 11.1. The van der Waals surface area contributed by atoms with Crippen LogP contribution >= 0.6 is 11.3 Å². The highest BCUT2D eigenvalue weighted by atomic mass is 32.1. The number of aliphatic hydroxyl groups is 1. The van der Waals surface area contributed by atoms with E-state index in [1.165, 1.54) is 16.8 Å². The summed E-state index contributed by atoms with van der Waals surface area (Å²) >= 11 is 1.64. The molecule has 0 spiro atoms. The monoisotopic (exact) mass is 286 g/mol. The summed E-state index contributed by atoms with van der Waals surface area (Å²) in [6.45, 7) is 1.87. The van der Waals surface area contributed by atoms with E-state index in [0.29, 0.717) is 6.42 Å². The Bertz CT molecular complexity index is 748. The standard InChI is InChI=1S/C17H15FOS/c1-11-8-13(18)7-6-12(11)9-16(19)15-10-20-17-5-3-2-4-14(15)17/h2-8,10,16,19H,9H2,1H3. The van der Waals surface area contributed by atoms with E-state index < -0.39 is 6.10 Å². The number of hydrogen-bond donors (Lipinski definition) is 1. The molecule has 0 fully saturated rings. The normalized spacial score (nSPS) is 12.8. The van der Waals surface area contributed by atoms with Crippen LogP contribution < -0.4 is 0 Å². The molecular formula is C17H15FOS. The average Bonchev–Trinajstić information content (AvgIpc) is 2.86. The lowest BCUT2D eigenvalue weighted by molar-refractivity contribution is 0.180. The van der Waals surface area contributed by atoms with Gasteiger partial charge in [0.2, 0.25) is 0 Å². The molecule has 20 heavy (non-hydrogen) atoms. The summed E-state index contributed by atoms with van der Waals surface area (Å²) in [6, 6.07) is 12.8. The topological polar surface area (TPSA) is 20.2 Å². The van der Waals surface area contributed by atoms with Crippen LogP contribution in [0.5, 0.6) is 0 Å². The fourth-order valence-electron chi connectivity index (χ4n) is 2.46. The molecule has 0 amide bonds. The third-order valence-electron chi connectivity index (χ3n) is 3.59. The highest BCUT2D eigenvalue weighted by Crippen LogP contribution is 2.32. The molecule has 1 nitrogen and oxygen atoms in total. The van der Waals surface area contributed by atoms with Crippen molar-refractivity contribution in [2.24, 2.45) is 0 Å². The summed E-state index contributed by atoms with van der Waals surface area (Å²) in [4.78, 5) is 0. The molecule has 1 aromatic heterocycles. The number of fused-ring (bicyclic) bond motifs is 1. The van der Waals surface area contributed by atoms with E-state index >= 15 is 0 Å². The summed E-state index contributed by atoms with van der Waals surface area (Å²) in [7, 11) is 0. The molecule has 1 atom stereocenters. The first kappa shape index (κ1) is 13.3. The molecule has 1 unspecified atom stereocenters. The molecule has 1 heterocycles. The Morgan fingerprint density at radius 2 is 2.00 bits per heavy atom. The number of benzene rings is 2. The quantitative estimate of drug-likeness (QED) is 0.744. The first-order chi connectivity index (χ1) is 9.65. The van der Waals surface area contributed by atoms with Gasteiger partial charge in [0.15, 0.2) is 0 Å². The second-order valence-corrected chi connectivity index (χ2v) is 5.89. The molecule has 0 saturated carbocycles. The molecule has 1 N–H and O–H groups in total. The van der Waals surface area contributed by atoms with Crippen molar-refractivity contribution in [3.05, 3.63) is 70.4 Å². The van der Waals surface area contributed by atoms with Gasteiger partial charge in [-0.1, -0.05) is 24.3 Å². The van der Waals surface area contributed by atoms with Crippen molar-refractivity contribution < 1.29 is 9.50 Å². The van der Waals surface area contributed by atoms with Gasteiger partial charge in [-0.3, -0.25) is 0 Å². The second kappa shape index (κ2) is 5.35. The lowest BCUT2D eigenvalue weighted by atomic mass is 9.98. The van der Waals surface area contributed by atoms with Crippen LogP contribution in [0.3, 0.4) is 0 Å². The minimum Gasteiger partial charge on any atom is -0.388 e. The van der Waals surface area contributed by atoms with Crippen molar-refractivity contribution in [3.8, 4) is 0 Å². The van der Waals surface area contributed by atoms with Crippen LogP contribution in [0.15, 0.2) is 47.8 Å². The molecule has 0 saturated heterocycles. The average molecular weight is 286 g/mol. The summed E-state index contributed by atoms with van der Waals surface area (Å²) < 4.78 is 14.3. The van der Waals surface area contributed by atoms with Gasteiger partial charge in [-0.05, 0) is 52.6 Å². The van der Waals surface area contributed by atoms with Crippen molar-refractivity contribution in [1.82, 2.24) is 0 Å². The lowest BCUT2D eigenvalue weighted by Crippen LogP contribution is -2.02. The molecule has 3 aromatic rings. The van der Waals surface area contributed by atoms with Crippen LogP contribution in [0.25, 0.3) is 10.1 Å². The van der Waals surface area contributed by atoms with Gasteiger partial charge in [0.05, 0.1) is 6.10 Å². The number of thiophene rings is 1. The zero-order chi connectivity index (χ0) is 14.1. The smallest absolute Gasteiger partial charge is 0.123 e. The van der Waals surface area contributed by atoms with Crippen molar-refractivity contribution >= 4 is 21.4 Å². The molecule has 0 bridgehead atoms. The maximum Gasteiger partial charge on any atom is 0.123 e. The Balaban J connectivity index is 1.91. The largest absolute Gasteiger partial charge is 0.388 e. The molecule has 3 heteroatoms. The first-order valence-electron chi connectivity index (χ1n) is 6.54. The zero-order valence-corrected chi connectivity index (χ0v) is 12.0. The molecule has 102 valence electrons. The van der Waals surface area contributed by atoms with E-state index in [1.807, 2.05) is 30.5 Å². The fraction of sp³-hybridized carbons (Fsp3) is 0.176. The molecule has 0 aliphatic carbocycles. The van der Waals surface area contributed by atoms with Gasteiger partial charge in [0.1, 0.15) is 5.82 Å². The highest BCUT2D eigenvalue weighted by molar-refractivity contribution is 7.17. The second-order valence-electron chi connectivity index (χ2n) is 4.98. The molecule has 0 radical (unpaired) electrons. The molecule has 3 rings (SSSR count). The molecular weight excluding hydrogens is 271 g/mol. The number of rotatable bonds is 3. The van der Waals surface area contributed by atoms with Crippen LogP contribution in [-0.2, 0) is 6.42 Å². The van der Waals surface area contributed by atoms with E-state index in [9.17, 15) is 9.50 Å². The van der Waals surface area contributed by atoms with Gasteiger partial charge >= 0.3 is 0 Å². The highest BCUT2D eigenvalue weighted by Gasteiger charge is 2.14. The van der Waals surface area contributed by atoms with E-state index in [0.717, 1.165) is 22.1 Å². The fourth-order valence-corrected chi connectivity index (χ4v) is 3.47. The number of aliphatic hydroxyl groups excluding tert-OH is 1. The van der Waals surface area contributed by atoms with Gasteiger partial charge < -0.3 is 5.11 Å². The Hall–Kier alpha value is -1.71. The summed E-state index contributed by atoms with van der Waals surface area (Å²) in [5.41, 5.74) is 2.81. The van der Waals surface area contributed by atoms with Gasteiger partial charge in [0.25, 0.3) is 0 Å². The van der Waals surface area contributed by atoms with Crippen molar-refractivity contribution in [2.45, 2.75) is 19.4 Å². The maximum atomic E-state index is 13.1. The minimum atomic E-state index is -0.560. The van der Waals surface area contributed by atoms with E-state index in [1.54, 1.807) is 17.4 Å². The summed E-state index contributed by atoms with van der Waals surface area (Å²) in [6.07, 6.45) is -0.0531. The van der Waals surface area contributed by atoms with Crippen LogP contribution in [0.1, 0.15) is 22.8 Å². The molecule has 0 aliphatic heterocycles. The third kappa shape index (κ3) is 2.47.